The van der Waals surface area contributed by atoms with Crippen molar-refractivity contribution in [3.63, 3.8) is 0 Å². The largest absolute Gasteiger partial charge is 0.453 e. The van der Waals surface area contributed by atoms with Crippen molar-refractivity contribution in [2.45, 2.75) is 13.2 Å². The van der Waals surface area contributed by atoms with Crippen molar-refractivity contribution in [3.05, 3.63) is 74.0 Å². The highest BCUT2D eigenvalue weighted by molar-refractivity contribution is 6.32. The van der Waals surface area contributed by atoms with Gasteiger partial charge in [0.1, 0.15) is 23.9 Å². The van der Waals surface area contributed by atoms with Crippen LogP contribution in [0.1, 0.15) is 27.4 Å². The molecule has 0 atom stereocenters. The summed E-state index contributed by atoms with van der Waals surface area (Å²) in [5.41, 5.74) is 0.258. The zero-order chi connectivity index (χ0) is 21.8. The molecule has 3 N–H and O–H groups in total. The van der Waals surface area contributed by atoms with E-state index in [0.29, 0.717) is 0 Å². The number of aromatic amines is 1. The van der Waals surface area contributed by atoms with Gasteiger partial charge in [-0.25, -0.2) is 9.37 Å². The average molecular weight is 470 g/mol. The number of aromatic nitrogens is 2. The number of rotatable bonds is 6. The van der Waals surface area contributed by atoms with Crippen LogP contribution in [0.5, 0.6) is 11.5 Å². The summed E-state index contributed by atoms with van der Waals surface area (Å²) >= 11 is 17.8. The Kier molecular flexibility index (Phi) is 6.80. The first-order chi connectivity index (χ1) is 14.3. The van der Waals surface area contributed by atoms with Crippen molar-refractivity contribution >= 4 is 40.7 Å². The highest BCUT2D eigenvalue weighted by Crippen LogP contribution is 2.35. The van der Waals surface area contributed by atoms with E-state index < -0.39 is 18.3 Å². The van der Waals surface area contributed by atoms with Crippen LogP contribution in [-0.4, -0.2) is 21.0 Å². The molecular formula is C19H12Cl3FN4O3. The van der Waals surface area contributed by atoms with Crippen molar-refractivity contribution in [1.82, 2.24) is 15.3 Å². The molecule has 7 nitrogen and oxygen atoms in total. The highest BCUT2D eigenvalue weighted by Gasteiger charge is 2.19. The van der Waals surface area contributed by atoms with Gasteiger partial charge in [0.15, 0.2) is 16.7 Å². The number of aliphatic hydroxyl groups is 1. The SMILES string of the molecule is N#Cc1cc(Cl)cc(Oc2c(Cl)ccc(CNC(=O)c3[nH]c(CO)nc3Cl)c2F)c1. The fourth-order valence-corrected chi connectivity index (χ4v) is 3.14. The van der Waals surface area contributed by atoms with Crippen molar-refractivity contribution in [2.75, 3.05) is 0 Å². The molecule has 0 radical (unpaired) electrons. The van der Waals surface area contributed by atoms with Crippen LogP contribution in [0.15, 0.2) is 30.3 Å². The van der Waals surface area contributed by atoms with Crippen LogP contribution in [0.25, 0.3) is 0 Å². The van der Waals surface area contributed by atoms with Crippen LogP contribution in [0, 0.1) is 17.1 Å². The van der Waals surface area contributed by atoms with Crippen molar-refractivity contribution in [1.29, 1.82) is 5.26 Å². The van der Waals surface area contributed by atoms with Gasteiger partial charge in [0.25, 0.3) is 5.91 Å². The number of amides is 1. The predicted octanol–water partition coefficient (Wildman–Crippen LogP) is 4.60. The van der Waals surface area contributed by atoms with Crippen LogP contribution in [0.2, 0.25) is 15.2 Å². The molecule has 2 aromatic carbocycles. The van der Waals surface area contributed by atoms with E-state index in [9.17, 15) is 9.18 Å². The number of nitriles is 1. The minimum Gasteiger partial charge on any atom is -0.453 e. The maximum Gasteiger partial charge on any atom is 0.271 e. The second-order valence-electron chi connectivity index (χ2n) is 5.93. The molecule has 0 saturated heterocycles. The maximum absolute atomic E-state index is 15.0. The average Bonchev–Trinajstić information content (AvgIpc) is 3.10. The lowest BCUT2D eigenvalue weighted by molar-refractivity contribution is 0.0946. The lowest BCUT2D eigenvalue weighted by Gasteiger charge is -2.13. The Morgan fingerprint density at radius 3 is 2.73 bits per heavy atom. The summed E-state index contributed by atoms with van der Waals surface area (Å²) in [6, 6.07) is 8.94. The van der Waals surface area contributed by atoms with Gasteiger partial charge in [-0.05, 0) is 24.3 Å². The molecule has 11 heteroatoms. The van der Waals surface area contributed by atoms with Gasteiger partial charge in [0.05, 0.1) is 16.7 Å². The monoisotopic (exact) mass is 468 g/mol. The number of nitrogens with zero attached hydrogens (tertiary/aromatic N) is 2. The maximum atomic E-state index is 15.0. The molecule has 3 rings (SSSR count). The summed E-state index contributed by atoms with van der Waals surface area (Å²) in [4.78, 5) is 18.6. The Labute approximate surface area is 185 Å². The Morgan fingerprint density at radius 2 is 2.07 bits per heavy atom. The fourth-order valence-electron chi connectivity index (χ4n) is 2.49. The number of nitrogens with one attached hydrogen (secondary N) is 2. The topological polar surface area (TPSA) is 111 Å². The van der Waals surface area contributed by atoms with Crippen LogP contribution in [0.3, 0.4) is 0 Å². The molecule has 0 saturated carbocycles. The first-order valence-corrected chi connectivity index (χ1v) is 9.44. The lowest BCUT2D eigenvalue weighted by Crippen LogP contribution is -2.24. The molecule has 154 valence electrons. The van der Waals surface area contributed by atoms with Crippen molar-refractivity contribution in [2.24, 2.45) is 0 Å². The highest BCUT2D eigenvalue weighted by atomic mass is 35.5. The number of benzene rings is 2. The summed E-state index contributed by atoms with van der Waals surface area (Å²) in [7, 11) is 0. The van der Waals surface area contributed by atoms with E-state index in [0.717, 1.165) is 0 Å². The number of ether oxygens (including phenoxy) is 1. The Hall–Kier alpha value is -2.83. The molecule has 30 heavy (non-hydrogen) atoms. The van der Waals surface area contributed by atoms with Gasteiger partial charge in [-0.1, -0.05) is 40.9 Å². The molecule has 0 unspecified atom stereocenters. The number of carbonyl (C=O) groups excluding carboxylic acids is 1. The molecular weight excluding hydrogens is 458 g/mol. The standard InChI is InChI=1S/C19H12Cl3FN4O3/c20-11-3-9(6-24)4-12(5-11)30-17-13(21)2-1-10(15(17)23)7-25-19(29)16-18(22)27-14(8-28)26-16/h1-5,28H,7-8H2,(H,25,29)(H,26,27). The van der Waals surface area contributed by atoms with Crippen molar-refractivity contribution in [3.8, 4) is 17.6 Å². The number of carbonyl (C=O) groups is 1. The van der Waals surface area contributed by atoms with E-state index in [1.807, 2.05) is 6.07 Å². The fraction of sp³-hybridized carbons (Fsp3) is 0.105. The van der Waals surface area contributed by atoms with Gasteiger partial charge >= 0.3 is 0 Å². The van der Waals surface area contributed by atoms with Crippen LogP contribution < -0.4 is 10.1 Å². The number of imidazole rings is 1. The van der Waals surface area contributed by atoms with E-state index in [-0.39, 0.29) is 55.9 Å². The molecule has 1 amide bonds. The molecule has 0 aliphatic rings. The van der Waals surface area contributed by atoms with Gasteiger partial charge in [-0.3, -0.25) is 4.79 Å². The quantitative estimate of drug-likeness (QED) is 0.489. The minimum atomic E-state index is -0.798. The Balaban J connectivity index is 1.81. The number of halogens is 4. The zero-order valence-corrected chi connectivity index (χ0v) is 17.2. The molecule has 0 aliphatic carbocycles. The molecule has 1 aromatic heterocycles. The zero-order valence-electron chi connectivity index (χ0n) is 15.0. The Morgan fingerprint density at radius 1 is 1.30 bits per heavy atom. The first kappa shape index (κ1) is 21.9. The molecule has 3 aromatic rings. The first-order valence-electron chi connectivity index (χ1n) is 8.31. The van der Waals surface area contributed by atoms with E-state index >= 15 is 0 Å². The van der Waals surface area contributed by atoms with Gasteiger partial charge in [-0.15, -0.1) is 0 Å². The smallest absolute Gasteiger partial charge is 0.271 e. The second-order valence-corrected chi connectivity index (χ2v) is 7.13. The molecule has 0 aliphatic heterocycles. The normalized spacial score (nSPS) is 10.5. The lowest BCUT2D eigenvalue weighted by atomic mass is 10.2. The molecule has 1 heterocycles. The third-order valence-corrected chi connectivity index (χ3v) is 4.66. The molecule has 0 spiro atoms. The minimum absolute atomic E-state index is 0.00902. The number of aliphatic hydroxyl groups excluding tert-OH is 1. The summed E-state index contributed by atoms with van der Waals surface area (Å²) in [6.45, 7) is -0.627. The van der Waals surface area contributed by atoms with E-state index in [1.54, 1.807) is 0 Å². The van der Waals surface area contributed by atoms with Gasteiger partial charge < -0.3 is 20.1 Å². The summed E-state index contributed by atoms with van der Waals surface area (Å²) in [5, 5.41) is 20.7. The van der Waals surface area contributed by atoms with Crippen molar-refractivity contribution < 1.29 is 19.0 Å². The van der Waals surface area contributed by atoms with Crippen LogP contribution in [-0.2, 0) is 13.2 Å². The van der Waals surface area contributed by atoms with Gasteiger partial charge in [-0.2, -0.15) is 5.26 Å². The number of hydrogen-bond donors (Lipinski definition) is 3. The van der Waals surface area contributed by atoms with Gasteiger partial charge in [0.2, 0.25) is 0 Å². The molecule has 0 bridgehead atoms. The Bertz CT molecular complexity index is 1160. The predicted molar refractivity (Wildman–Crippen MR) is 108 cm³/mol. The van der Waals surface area contributed by atoms with Crippen LogP contribution in [0.4, 0.5) is 4.39 Å². The van der Waals surface area contributed by atoms with Gasteiger partial charge in [0, 0.05) is 17.1 Å². The van der Waals surface area contributed by atoms with E-state index in [4.69, 9.17) is 49.9 Å². The summed E-state index contributed by atoms with van der Waals surface area (Å²) < 4.78 is 20.5. The number of hydrogen-bond acceptors (Lipinski definition) is 5. The van der Waals surface area contributed by atoms with Crippen LogP contribution >= 0.6 is 34.8 Å². The third kappa shape index (κ3) is 4.83. The second kappa shape index (κ2) is 9.32. The molecule has 0 fully saturated rings. The third-order valence-electron chi connectivity index (χ3n) is 3.87. The van der Waals surface area contributed by atoms with E-state index in [2.05, 4.69) is 15.3 Å². The summed E-state index contributed by atoms with van der Waals surface area (Å²) in [5.74, 6) is -1.47. The summed E-state index contributed by atoms with van der Waals surface area (Å²) in [6.07, 6.45) is 0. The van der Waals surface area contributed by atoms with E-state index in [1.165, 1.54) is 30.3 Å². The number of H-pyrrole nitrogens is 1.